The van der Waals surface area contributed by atoms with E-state index in [4.69, 9.17) is 5.73 Å². The van der Waals surface area contributed by atoms with Crippen molar-refractivity contribution in [2.75, 3.05) is 22.0 Å². The van der Waals surface area contributed by atoms with Gasteiger partial charge in [0, 0.05) is 23.2 Å². The lowest BCUT2D eigenvalue weighted by Crippen LogP contribution is -2.17. The number of aromatic nitrogens is 2. The Morgan fingerprint density at radius 1 is 1.12 bits per heavy atom. The fourth-order valence-corrected chi connectivity index (χ4v) is 2.76. The van der Waals surface area contributed by atoms with Crippen LogP contribution in [0, 0.1) is 6.92 Å². The molecule has 1 heterocycles. The summed E-state index contributed by atoms with van der Waals surface area (Å²) in [4.78, 5) is 21.2. The quantitative estimate of drug-likeness (QED) is 0.592. The van der Waals surface area contributed by atoms with Crippen molar-refractivity contribution in [2.24, 2.45) is 0 Å². The lowest BCUT2D eigenvalue weighted by Gasteiger charge is -2.10. The average Bonchev–Trinajstić information content (AvgIpc) is 2.63. The molecule has 3 aromatic rings. The van der Waals surface area contributed by atoms with E-state index in [1.807, 2.05) is 55.6 Å². The maximum atomic E-state index is 12.6. The van der Waals surface area contributed by atoms with Gasteiger partial charge in [-0.15, -0.1) is 0 Å². The van der Waals surface area contributed by atoms with Crippen LogP contribution in [-0.4, -0.2) is 22.1 Å². The van der Waals surface area contributed by atoms with Crippen LogP contribution in [0.3, 0.4) is 0 Å². The highest BCUT2D eigenvalue weighted by Crippen LogP contribution is 2.21. The van der Waals surface area contributed by atoms with E-state index in [0.717, 1.165) is 16.8 Å². The molecule has 0 aliphatic rings. The molecule has 26 heavy (non-hydrogen) atoms. The molecule has 0 atom stereocenters. The first kappa shape index (κ1) is 17.8. The fraction of sp³-hybridized carbons (Fsp3) is 0.105. The molecule has 0 unspecified atom stereocenters. The van der Waals surface area contributed by atoms with E-state index < -0.39 is 5.91 Å². The zero-order chi connectivity index (χ0) is 18.5. The molecule has 0 saturated carbocycles. The number of nitrogens with two attached hydrogens (primary N) is 1. The molecule has 0 fully saturated rings. The Bertz CT molecular complexity index is 927. The second-order valence-electron chi connectivity index (χ2n) is 5.70. The van der Waals surface area contributed by atoms with Gasteiger partial charge in [-0.3, -0.25) is 4.79 Å². The number of aryl methyl sites for hydroxylation is 1. The van der Waals surface area contributed by atoms with E-state index >= 15 is 0 Å². The second kappa shape index (κ2) is 7.88. The Hall–Kier alpha value is -3.06. The number of nitrogens with one attached hydrogen (secondary N) is 2. The zero-order valence-corrected chi connectivity index (χ0v) is 15.3. The molecule has 7 heteroatoms. The molecule has 1 amide bonds. The Kier molecular flexibility index (Phi) is 5.38. The third-order valence-corrected chi connectivity index (χ3v) is 4.14. The molecule has 4 N–H and O–H groups in total. The van der Waals surface area contributed by atoms with Crippen LogP contribution in [0.5, 0.6) is 0 Å². The van der Waals surface area contributed by atoms with Crippen molar-refractivity contribution in [1.82, 2.24) is 9.97 Å². The SMILES string of the molecule is CSNc1cccc(NC(=O)c2nc(-c3ccc(C)cc3)cnc2N)c1. The van der Waals surface area contributed by atoms with Gasteiger partial charge in [0.25, 0.3) is 5.91 Å². The van der Waals surface area contributed by atoms with Crippen molar-refractivity contribution < 1.29 is 4.79 Å². The smallest absolute Gasteiger partial charge is 0.278 e. The Morgan fingerprint density at radius 3 is 2.58 bits per heavy atom. The first-order valence-electron chi connectivity index (χ1n) is 7.97. The molecule has 0 spiro atoms. The third-order valence-electron chi connectivity index (χ3n) is 3.70. The molecule has 0 aliphatic carbocycles. The summed E-state index contributed by atoms with van der Waals surface area (Å²) in [5, 5.41) is 2.81. The van der Waals surface area contributed by atoms with Crippen LogP contribution in [0.15, 0.2) is 54.7 Å². The van der Waals surface area contributed by atoms with Crippen molar-refractivity contribution in [3.05, 3.63) is 66.0 Å². The summed E-state index contributed by atoms with van der Waals surface area (Å²) in [7, 11) is 0. The van der Waals surface area contributed by atoms with Crippen molar-refractivity contribution in [3.63, 3.8) is 0 Å². The molecule has 0 bridgehead atoms. The number of carbonyl (C=O) groups excluding carboxylic acids is 1. The first-order valence-corrected chi connectivity index (χ1v) is 9.19. The van der Waals surface area contributed by atoms with Crippen LogP contribution < -0.4 is 15.8 Å². The molecule has 2 aromatic carbocycles. The molecule has 1 aromatic heterocycles. The number of nitrogen functional groups attached to an aromatic ring is 1. The van der Waals surface area contributed by atoms with Crippen LogP contribution in [0.25, 0.3) is 11.3 Å². The Labute approximate surface area is 156 Å². The standard InChI is InChI=1S/C19H19N5OS/c1-12-6-8-13(9-7-12)16-11-21-18(20)17(23-16)19(25)22-14-4-3-5-15(10-14)24-26-2/h3-11,24H,1-2H3,(H2,20,21)(H,22,25). The zero-order valence-electron chi connectivity index (χ0n) is 14.5. The number of carbonyl (C=O) groups is 1. The minimum Gasteiger partial charge on any atom is -0.382 e. The molecular weight excluding hydrogens is 346 g/mol. The van der Waals surface area contributed by atoms with Gasteiger partial charge in [-0.05, 0) is 25.1 Å². The summed E-state index contributed by atoms with van der Waals surface area (Å²) in [5.74, 6) is -0.304. The average molecular weight is 365 g/mol. The van der Waals surface area contributed by atoms with Crippen molar-refractivity contribution >= 4 is 35.0 Å². The highest BCUT2D eigenvalue weighted by molar-refractivity contribution is 7.99. The maximum Gasteiger partial charge on any atom is 0.278 e. The van der Waals surface area contributed by atoms with Crippen LogP contribution in [0.1, 0.15) is 16.1 Å². The van der Waals surface area contributed by atoms with E-state index in [1.165, 1.54) is 11.9 Å². The molecule has 132 valence electrons. The molecule has 0 saturated heterocycles. The lowest BCUT2D eigenvalue weighted by molar-refractivity contribution is 0.102. The predicted octanol–water partition coefficient (Wildman–Crippen LogP) is 3.98. The minimum absolute atomic E-state index is 0.0942. The summed E-state index contributed by atoms with van der Waals surface area (Å²) < 4.78 is 3.12. The largest absolute Gasteiger partial charge is 0.382 e. The highest BCUT2D eigenvalue weighted by atomic mass is 32.2. The van der Waals surface area contributed by atoms with Gasteiger partial charge in [-0.2, -0.15) is 0 Å². The Balaban J connectivity index is 1.86. The van der Waals surface area contributed by atoms with Gasteiger partial charge < -0.3 is 15.8 Å². The number of hydrogen-bond donors (Lipinski definition) is 3. The third kappa shape index (κ3) is 4.12. The minimum atomic E-state index is -0.398. The van der Waals surface area contributed by atoms with Gasteiger partial charge in [0.2, 0.25) is 0 Å². The van der Waals surface area contributed by atoms with E-state index in [2.05, 4.69) is 20.0 Å². The molecular formula is C19H19N5OS. The summed E-state index contributed by atoms with van der Waals surface area (Å²) in [6.07, 6.45) is 3.50. The predicted molar refractivity (Wildman–Crippen MR) is 108 cm³/mol. The highest BCUT2D eigenvalue weighted by Gasteiger charge is 2.15. The maximum absolute atomic E-state index is 12.6. The van der Waals surface area contributed by atoms with E-state index in [-0.39, 0.29) is 11.5 Å². The summed E-state index contributed by atoms with van der Waals surface area (Å²) in [6.45, 7) is 2.01. The van der Waals surface area contributed by atoms with Gasteiger partial charge in [0.1, 0.15) is 0 Å². The number of benzene rings is 2. The number of amides is 1. The van der Waals surface area contributed by atoms with Crippen LogP contribution in [0.4, 0.5) is 17.2 Å². The summed E-state index contributed by atoms with van der Waals surface area (Å²) in [5.41, 5.74) is 10.1. The summed E-state index contributed by atoms with van der Waals surface area (Å²) in [6, 6.07) is 15.3. The number of hydrogen-bond acceptors (Lipinski definition) is 6. The van der Waals surface area contributed by atoms with Gasteiger partial charge in [-0.1, -0.05) is 47.8 Å². The van der Waals surface area contributed by atoms with Crippen molar-refractivity contribution in [2.45, 2.75) is 6.92 Å². The van der Waals surface area contributed by atoms with E-state index in [1.54, 1.807) is 12.3 Å². The fourth-order valence-electron chi connectivity index (χ4n) is 2.40. The number of nitrogens with zero attached hydrogens (tertiary/aromatic N) is 2. The molecule has 0 aliphatic heterocycles. The molecule has 6 nitrogen and oxygen atoms in total. The van der Waals surface area contributed by atoms with Gasteiger partial charge in [-0.25, -0.2) is 9.97 Å². The Morgan fingerprint density at radius 2 is 1.85 bits per heavy atom. The van der Waals surface area contributed by atoms with Crippen LogP contribution >= 0.6 is 11.9 Å². The first-order chi connectivity index (χ1) is 12.6. The van der Waals surface area contributed by atoms with Crippen molar-refractivity contribution in [1.29, 1.82) is 0 Å². The summed E-state index contributed by atoms with van der Waals surface area (Å²) >= 11 is 1.48. The number of anilines is 3. The van der Waals surface area contributed by atoms with E-state index in [9.17, 15) is 4.79 Å². The molecule has 0 radical (unpaired) electrons. The second-order valence-corrected chi connectivity index (χ2v) is 6.31. The van der Waals surface area contributed by atoms with Gasteiger partial charge in [0.15, 0.2) is 11.5 Å². The van der Waals surface area contributed by atoms with Crippen LogP contribution in [-0.2, 0) is 0 Å². The molecule has 3 rings (SSSR count). The van der Waals surface area contributed by atoms with E-state index in [0.29, 0.717) is 11.4 Å². The monoisotopic (exact) mass is 365 g/mol. The van der Waals surface area contributed by atoms with Gasteiger partial charge >= 0.3 is 0 Å². The topological polar surface area (TPSA) is 92.9 Å². The normalized spacial score (nSPS) is 10.4. The lowest BCUT2D eigenvalue weighted by atomic mass is 10.1. The van der Waals surface area contributed by atoms with Crippen molar-refractivity contribution in [3.8, 4) is 11.3 Å². The number of rotatable bonds is 5. The van der Waals surface area contributed by atoms with Crippen LogP contribution in [0.2, 0.25) is 0 Å². The van der Waals surface area contributed by atoms with Gasteiger partial charge in [0.05, 0.1) is 11.9 Å².